The van der Waals surface area contributed by atoms with E-state index in [1.807, 2.05) is 42.5 Å². The van der Waals surface area contributed by atoms with Gasteiger partial charge in [-0.3, -0.25) is 4.79 Å². The number of hydrogen-bond acceptors (Lipinski definition) is 4. The zero-order valence-electron chi connectivity index (χ0n) is 16.6. The van der Waals surface area contributed by atoms with Crippen molar-refractivity contribution < 1.29 is 14.7 Å². The zero-order chi connectivity index (χ0) is 21.5. The lowest BCUT2D eigenvalue weighted by molar-refractivity contribution is -0.122. The first-order valence-corrected chi connectivity index (χ1v) is 9.81. The Morgan fingerprint density at radius 1 is 1.00 bits per heavy atom. The van der Waals surface area contributed by atoms with Crippen LogP contribution in [0, 0.1) is 0 Å². The molecule has 0 unspecified atom stereocenters. The van der Waals surface area contributed by atoms with Gasteiger partial charge in [0.15, 0.2) is 0 Å². The summed E-state index contributed by atoms with van der Waals surface area (Å²) < 4.78 is 0. The van der Waals surface area contributed by atoms with Crippen LogP contribution in [0.4, 0.5) is 10.5 Å². The summed E-state index contributed by atoms with van der Waals surface area (Å²) in [4.78, 5) is 26.7. The highest BCUT2D eigenvalue weighted by molar-refractivity contribution is 5.95. The normalized spacial score (nSPS) is 11.8. The number of nitrogens with one attached hydrogen (secondary N) is 1. The van der Waals surface area contributed by atoms with Gasteiger partial charge in [-0.05, 0) is 60.0 Å². The van der Waals surface area contributed by atoms with E-state index in [0.29, 0.717) is 25.1 Å². The fraction of sp³-hybridized carbons (Fsp3) is 0.217. The molecule has 0 heterocycles. The second-order valence-corrected chi connectivity index (χ2v) is 7.14. The molecule has 0 aliphatic carbocycles. The molecule has 0 bridgehead atoms. The predicted molar refractivity (Wildman–Crippen MR) is 118 cm³/mol. The summed E-state index contributed by atoms with van der Waals surface area (Å²) in [5.41, 5.74) is 12.6. The number of rotatable bonds is 8. The molecular formula is C23H26N4O3. The molecule has 0 fully saturated rings. The Hall–Kier alpha value is -3.58. The summed E-state index contributed by atoms with van der Waals surface area (Å²) in [5.74, 6) is -0.462. The molecule has 6 N–H and O–H groups in total. The lowest BCUT2D eigenvalue weighted by atomic mass is 10.1. The number of hydrogen-bond donors (Lipinski definition) is 4. The molecule has 0 saturated carbocycles. The molecule has 3 aromatic carbocycles. The van der Waals surface area contributed by atoms with Crippen LogP contribution in [0.1, 0.15) is 18.4 Å². The Morgan fingerprint density at radius 2 is 1.70 bits per heavy atom. The largest absolute Gasteiger partial charge is 0.508 e. The second kappa shape index (κ2) is 9.76. The molecule has 3 amide bonds. The van der Waals surface area contributed by atoms with Gasteiger partial charge < -0.3 is 26.8 Å². The number of carbonyl (C=O) groups excluding carboxylic acids is 2. The molecule has 0 aliphatic heterocycles. The molecule has 30 heavy (non-hydrogen) atoms. The molecule has 1 atom stereocenters. The number of aromatic hydroxyl groups is 1. The summed E-state index contributed by atoms with van der Waals surface area (Å²) in [6, 6.07) is 18.7. The first-order valence-electron chi connectivity index (χ1n) is 9.81. The molecule has 7 heteroatoms. The van der Waals surface area contributed by atoms with Crippen LogP contribution in [0.25, 0.3) is 10.8 Å². The predicted octanol–water partition coefficient (Wildman–Crippen LogP) is 3.17. The average molecular weight is 406 g/mol. The van der Waals surface area contributed by atoms with Gasteiger partial charge in [-0.25, -0.2) is 4.79 Å². The van der Waals surface area contributed by atoms with Crippen LogP contribution < -0.4 is 16.8 Å². The molecular weight excluding hydrogens is 380 g/mol. The first kappa shape index (κ1) is 21.1. The third kappa shape index (κ3) is 5.27. The minimum absolute atomic E-state index is 0.125. The summed E-state index contributed by atoms with van der Waals surface area (Å²) in [6.07, 6.45) is 0.929. The minimum atomic E-state index is -0.803. The van der Waals surface area contributed by atoms with Gasteiger partial charge in [0.1, 0.15) is 11.8 Å². The van der Waals surface area contributed by atoms with Gasteiger partial charge in [0.25, 0.3) is 0 Å². The average Bonchev–Trinajstić information content (AvgIpc) is 2.74. The van der Waals surface area contributed by atoms with E-state index in [-0.39, 0.29) is 12.3 Å². The molecule has 0 saturated heterocycles. The van der Waals surface area contributed by atoms with Gasteiger partial charge in [-0.15, -0.1) is 0 Å². The summed E-state index contributed by atoms with van der Waals surface area (Å²) in [7, 11) is 0. The van der Waals surface area contributed by atoms with Gasteiger partial charge in [0.05, 0.1) is 0 Å². The van der Waals surface area contributed by atoms with Crippen LogP contribution >= 0.6 is 0 Å². The fourth-order valence-electron chi connectivity index (χ4n) is 3.35. The van der Waals surface area contributed by atoms with Gasteiger partial charge in [-0.2, -0.15) is 0 Å². The molecule has 3 aromatic rings. The Balaban J connectivity index is 1.86. The van der Waals surface area contributed by atoms with Crippen molar-refractivity contribution in [3.8, 4) is 5.75 Å². The van der Waals surface area contributed by atoms with Crippen LogP contribution in [0.3, 0.4) is 0 Å². The maximum Gasteiger partial charge on any atom is 0.322 e. The van der Waals surface area contributed by atoms with Gasteiger partial charge in [0, 0.05) is 12.2 Å². The second-order valence-electron chi connectivity index (χ2n) is 7.14. The third-order valence-corrected chi connectivity index (χ3v) is 4.94. The Bertz CT molecular complexity index is 1020. The van der Waals surface area contributed by atoms with Gasteiger partial charge in [-0.1, -0.05) is 42.5 Å². The van der Waals surface area contributed by atoms with E-state index in [0.717, 1.165) is 16.3 Å². The van der Waals surface area contributed by atoms with Crippen LogP contribution in [-0.4, -0.2) is 34.5 Å². The van der Waals surface area contributed by atoms with E-state index in [2.05, 4.69) is 5.32 Å². The third-order valence-electron chi connectivity index (χ3n) is 4.94. The number of amides is 3. The number of primary amides is 1. The smallest absolute Gasteiger partial charge is 0.322 e. The molecule has 3 rings (SSSR count). The highest BCUT2D eigenvalue weighted by atomic mass is 16.3. The summed E-state index contributed by atoms with van der Waals surface area (Å²) in [6.45, 7) is 0.557. The molecule has 156 valence electrons. The highest BCUT2D eigenvalue weighted by Gasteiger charge is 2.28. The number of fused-ring (bicyclic) bond motifs is 1. The zero-order valence-corrected chi connectivity index (χ0v) is 16.6. The van der Waals surface area contributed by atoms with E-state index in [1.54, 1.807) is 12.1 Å². The SMILES string of the molecule is NCCC[C@H](C(N)=O)N(Cc1ccc(O)cc1)C(=O)Nc1ccc2ccccc2c1. The minimum Gasteiger partial charge on any atom is -0.508 e. The molecule has 0 spiro atoms. The molecule has 0 radical (unpaired) electrons. The van der Waals surface area contributed by atoms with Gasteiger partial charge in [0.2, 0.25) is 5.91 Å². The van der Waals surface area contributed by atoms with E-state index >= 15 is 0 Å². The van der Waals surface area contributed by atoms with Crippen LogP contribution in [0.2, 0.25) is 0 Å². The Morgan fingerprint density at radius 3 is 2.37 bits per heavy atom. The number of nitrogens with zero attached hydrogens (tertiary/aromatic N) is 1. The first-order chi connectivity index (χ1) is 14.5. The topological polar surface area (TPSA) is 122 Å². The Kier molecular flexibility index (Phi) is 6.87. The number of urea groups is 1. The number of anilines is 1. The van der Waals surface area contributed by atoms with E-state index in [4.69, 9.17) is 11.5 Å². The highest BCUT2D eigenvalue weighted by Crippen LogP contribution is 2.21. The van der Waals surface area contributed by atoms with Crippen molar-refractivity contribution in [2.45, 2.75) is 25.4 Å². The van der Waals surface area contributed by atoms with E-state index in [1.165, 1.54) is 17.0 Å². The van der Waals surface area contributed by atoms with Crippen molar-refractivity contribution in [1.29, 1.82) is 0 Å². The molecule has 7 nitrogen and oxygen atoms in total. The maximum atomic E-state index is 13.2. The lowest BCUT2D eigenvalue weighted by Crippen LogP contribution is -2.49. The Labute approximate surface area is 175 Å². The van der Waals surface area contributed by atoms with Crippen molar-refractivity contribution in [2.75, 3.05) is 11.9 Å². The summed E-state index contributed by atoms with van der Waals surface area (Å²) in [5, 5.41) is 14.4. The van der Waals surface area contributed by atoms with Crippen LogP contribution in [0.5, 0.6) is 5.75 Å². The summed E-state index contributed by atoms with van der Waals surface area (Å²) >= 11 is 0. The van der Waals surface area contributed by atoms with Crippen molar-refractivity contribution in [1.82, 2.24) is 4.90 Å². The van der Waals surface area contributed by atoms with Gasteiger partial charge >= 0.3 is 6.03 Å². The van der Waals surface area contributed by atoms with E-state index in [9.17, 15) is 14.7 Å². The number of phenolic OH excluding ortho intramolecular Hbond substituents is 1. The fourth-order valence-corrected chi connectivity index (χ4v) is 3.35. The molecule has 0 aromatic heterocycles. The van der Waals surface area contributed by atoms with Crippen LogP contribution in [-0.2, 0) is 11.3 Å². The van der Waals surface area contributed by atoms with Crippen molar-refractivity contribution in [3.63, 3.8) is 0 Å². The lowest BCUT2D eigenvalue weighted by Gasteiger charge is -2.30. The quantitative estimate of drug-likeness (QED) is 0.459. The monoisotopic (exact) mass is 406 g/mol. The standard InChI is InChI=1S/C23H26N4O3/c24-13-3-6-21(22(25)29)27(15-16-7-11-20(28)12-8-16)23(30)26-19-10-9-17-4-1-2-5-18(17)14-19/h1-2,4-5,7-12,14,21,28H,3,6,13,15,24H2,(H2,25,29)(H,26,30)/t21-/m1/s1. The number of phenols is 1. The number of benzene rings is 3. The van der Waals surface area contributed by atoms with Crippen molar-refractivity contribution in [3.05, 3.63) is 72.3 Å². The number of carbonyl (C=O) groups is 2. The van der Waals surface area contributed by atoms with Crippen molar-refractivity contribution in [2.24, 2.45) is 11.5 Å². The number of nitrogens with two attached hydrogens (primary N) is 2. The van der Waals surface area contributed by atoms with E-state index < -0.39 is 18.0 Å². The van der Waals surface area contributed by atoms with Crippen molar-refractivity contribution >= 4 is 28.4 Å². The molecule has 0 aliphatic rings. The van der Waals surface area contributed by atoms with Crippen LogP contribution in [0.15, 0.2) is 66.7 Å². The maximum absolute atomic E-state index is 13.2.